The van der Waals surface area contributed by atoms with Gasteiger partial charge in [0.25, 0.3) is 0 Å². The zero-order valence-electron chi connectivity index (χ0n) is 17.6. The fourth-order valence-electron chi connectivity index (χ4n) is 3.66. The molecule has 0 fully saturated rings. The fraction of sp³-hybridized carbons (Fsp3) is 0.440. The number of ether oxygens (including phenoxy) is 2. The van der Waals surface area contributed by atoms with Crippen molar-refractivity contribution in [2.24, 2.45) is 5.92 Å². The maximum atomic E-state index is 10.9. The van der Waals surface area contributed by atoms with Crippen molar-refractivity contribution in [3.63, 3.8) is 0 Å². The molecule has 0 spiro atoms. The second-order valence-electron chi connectivity index (χ2n) is 7.77. The summed E-state index contributed by atoms with van der Waals surface area (Å²) in [5.41, 5.74) is 5.38. The standard InChI is InChI=1S/C25H30O3/c1-6-7-9-14-21-15-22-19(4)23(27-16-20-12-10-8-11-13-20)17(2)18(3)24(22)28-25(21,5)26/h8,10-13,21,26H,6-7,15-16H2,1-5H3. The molecule has 0 saturated heterocycles. The molecule has 2 aromatic rings. The molecule has 0 bridgehead atoms. The van der Waals surface area contributed by atoms with Crippen LogP contribution in [-0.2, 0) is 13.0 Å². The van der Waals surface area contributed by atoms with Gasteiger partial charge < -0.3 is 14.6 Å². The van der Waals surface area contributed by atoms with Crippen molar-refractivity contribution in [3.8, 4) is 23.3 Å². The van der Waals surface area contributed by atoms with E-state index < -0.39 is 5.79 Å². The monoisotopic (exact) mass is 378 g/mol. The van der Waals surface area contributed by atoms with Crippen LogP contribution in [0.1, 0.15) is 54.5 Å². The van der Waals surface area contributed by atoms with E-state index in [1.165, 1.54) is 0 Å². The first-order valence-corrected chi connectivity index (χ1v) is 10.0. The van der Waals surface area contributed by atoms with E-state index in [1.54, 1.807) is 6.92 Å². The van der Waals surface area contributed by atoms with Gasteiger partial charge in [0.05, 0.1) is 5.92 Å². The van der Waals surface area contributed by atoms with E-state index >= 15 is 0 Å². The molecule has 2 atom stereocenters. The molecule has 28 heavy (non-hydrogen) atoms. The van der Waals surface area contributed by atoms with Crippen molar-refractivity contribution in [2.75, 3.05) is 0 Å². The lowest BCUT2D eigenvalue weighted by Gasteiger charge is -2.38. The van der Waals surface area contributed by atoms with Gasteiger partial charge in [-0.15, -0.1) is 5.92 Å². The number of unbranched alkanes of at least 4 members (excludes halogenated alkanes) is 1. The fourth-order valence-corrected chi connectivity index (χ4v) is 3.66. The summed E-state index contributed by atoms with van der Waals surface area (Å²) in [6.07, 6.45) is 2.50. The van der Waals surface area contributed by atoms with Crippen LogP contribution in [0.15, 0.2) is 30.3 Å². The van der Waals surface area contributed by atoms with Crippen LogP contribution in [0.2, 0.25) is 0 Å². The number of rotatable bonds is 4. The van der Waals surface area contributed by atoms with Crippen LogP contribution in [0.25, 0.3) is 0 Å². The van der Waals surface area contributed by atoms with Crippen LogP contribution in [0.5, 0.6) is 11.5 Å². The zero-order chi connectivity index (χ0) is 20.3. The highest BCUT2D eigenvalue weighted by Gasteiger charge is 2.40. The molecule has 3 heteroatoms. The second-order valence-corrected chi connectivity index (χ2v) is 7.77. The summed E-state index contributed by atoms with van der Waals surface area (Å²) in [5, 5.41) is 10.9. The number of fused-ring (bicyclic) bond motifs is 1. The normalized spacial score (nSPS) is 20.6. The van der Waals surface area contributed by atoms with Gasteiger partial charge in [0.15, 0.2) is 0 Å². The third-order valence-corrected chi connectivity index (χ3v) is 5.55. The molecule has 3 nitrogen and oxygen atoms in total. The molecule has 1 heterocycles. The molecule has 0 aromatic heterocycles. The second kappa shape index (κ2) is 8.29. The molecule has 148 valence electrons. The molecule has 0 radical (unpaired) electrons. The Kier molecular flexibility index (Phi) is 6.01. The summed E-state index contributed by atoms with van der Waals surface area (Å²) in [5.74, 6) is 6.55. The van der Waals surface area contributed by atoms with Crippen molar-refractivity contribution >= 4 is 0 Å². The molecular formula is C25H30O3. The predicted octanol–water partition coefficient (Wildman–Crippen LogP) is 5.25. The van der Waals surface area contributed by atoms with Gasteiger partial charge in [0.2, 0.25) is 5.79 Å². The Morgan fingerprint density at radius 2 is 1.86 bits per heavy atom. The van der Waals surface area contributed by atoms with Crippen LogP contribution in [0.3, 0.4) is 0 Å². The van der Waals surface area contributed by atoms with Gasteiger partial charge in [-0.05, 0) is 55.9 Å². The Labute approximate surface area is 168 Å². The van der Waals surface area contributed by atoms with Gasteiger partial charge in [-0.3, -0.25) is 0 Å². The number of hydrogen-bond donors (Lipinski definition) is 1. The van der Waals surface area contributed by atoms with Crippen LogP contribution >= 0.6 is 0 Å². The molecule has 0 saturated carbocycles. The van der Waals surface area contributed by atoms with E-state index in [2.05, 4.69) is 37.8 Å². The first-order chi connectivity index (χ1) is 13.3. The Hall–Kier alpha value is -2.44. The van der Waals surface area contributed by atoms with Gasteiger partial charge in [-0.2, -0.15) is 0 Å². The number of hydrogen-bond acceptors (Lipinski definition) is 3. The van der Waals surface area contributed by atoms with E-state index in [9.17, 15) is 5.11 Å². The van der Waals surface area contributed by atoms with E-state index in [4.69, 9.17) is 9.47 Å². The molecule has 0 aliphatic carbocycles. The lowest BCUT2D eigenvalue weighted by atomic mass is 9.84. The predicted molar refractivity (Wildman–Crippen MR) is 113 cm³/mol. The first-order valence-electron chi connectivity index (χ1n) is 10.0. The van der Waals surface area contributed by atoms with Crippen LogP contribution in [0.4, 0.5) is 0 Å². The lowest BCUT2D eigenvalue weighted by Crippen LogP contribution is -2.44. The summed E-state index contributed by atoms with van der Waals surface area (Å²) in [6, 6.07) is 10.2. The smallest absolute Gasteiger partial charge is 0.219 e. The molecule has 1 N–H and O–H groups in total. The van der Waals surface area contributed by atoms with E-state index in [1.807, 2.05) is 32.0 Å². The van der Waals surface area contributed by atoms with Crippen molar-refractivity contribution in [2.45, 2.75) is 66.3 Å². The summed E-state index contributed by atoms with van der Waals surface area (Å²) < 4.78 is 12.3. The number of benzene rings is 2. The maximum absolute atomic E-state index is 10.9. The van der Waals surface area contributed by atoms with Gasteiger partial charge in [0, 0.05) is 18.9 Å². The Morgan fingerprint density at radius 1 is 1.14 bits per heavy atom. The topological polar surface area (TPSA) is 38.7 Å². The summed E-state index contributed by atoms with van der Waals surface area (Å²) in [4.78, 5) is 0. The average molecular weight is 379 g/mol. The van der Waals surface area contributed by atoms with E-state index in [0.29, 0.717) is 13.0 Å². The highest BCUT2D eigenvalue weighted by molar-refractivity contribution is 5.59. The SMILES string of the molecule is CCCC#CC1Cc2c(C)c(OCc3ccccc3)c(C)c(C)c2OC1(C)O. The number of aliphatic hydroxyl groups is 1. The molecule has 2 aromatic carbocycles. The van der Waals surface area contributed by atoms with Crippen molar-refractivity contribution in [3.05, 3.63) is 58.1 Å². The summed E-state index contributed by atoms with van der Waals surface area (Å²) in [7, 11) is 0. The van der Waals surface area contributed by atoms with Crippen molar-refractivity contribution in [1.82, 2.24) is 0 Å². The van der Waals surface area contributed by atoms with Crippen LogP contribution < -0.4 is 9.47 Å². The quantitative estimate of drug-likeness (QED) is 0.738. The lowest BCUT2D eigenvalue weighted by molar-refractivity contribution is -0.157. The highest BCUT2D eigenvalue weighted by atomic mass is 16.6. The first kappa shape index (κ1) is 20.3. The van der Waals surface area contributed by atoms with Gasteiger partial charge in [0.1, 0.15) is 18.1 Å². The molecule has 0 amide bonds. The highest BCUT2D eigenvalue weighted by Crippen LogP contribution is 2.45. The van der Waals surface area contributed by atoms with Crippen LogP contribution in [-0.4, -0.2) is 10.9 Å². The molecule has 2 unspecified atom stereocenters. The molecule has 1 aliphatic heterocycles. The van der Waals surface area contributed by atoms with E-state index in [0.717, 1.165) is 52.2 Å². The minimum Gasteiger partial charge on any atom is -0.488 e. The Balaban J connectivity index is 1.96. The van der Waals surface area contributed by atoms with E-state index in [-0.39, 0.29) is 5.92 Å². The minimum atomic E-state index is -1.29. The minimum absolute atomic E-state index is 0.255. The molecule has 1 aliphatic rings. The van der Waals surface area contributed by atoms with Gasteiger partial charge >= 0.3 is 0 Å². The molecular weight excluding hydrogens is 348 g/mol. The Morgan fingerprint density at radius 3 is 2.54 bits per heavy atom. The zero-order valence-corrected chi connectivity index (χ0v) is 17.6. The van der Waals surface area contributed by atoms with Crippen LogP contribution in [0, 0.1) is 38.5 Å². The summed E-state index contributed by atoms with van der Waals surface area (Å²) in [6.45, 7) is 10.5. The summed E-state index contributed by atoms with van der Waals surface area (Å²) >= 11 is 0. The van der Waals surface area contributed by atoms with Crippen molar-refractivity contribution in [1.29, 1.82) is 0 Å². The Bertz CT molecular complexity index is 901. The van der Waals surface area contributed by atoms with Crippen molar-refractivity contribution < 1.29 is 14.6 Å². The average Bonchev–Trinajstić information content (AvgIpc) is 2.68. The third-order valence-electron chi connectivity index (χ3n) is 5.55. The van der Waals surface area contributed by atoms with Gasteiger partial charge in [-0.1, -0.05) is 43.2 Å². The molecule has 3 rings (SSSR count). The third kappa shape index (κ3) is 4.03. The maximum Gasteiger partial charge on any atom is 0.219 e. The van der Waals surface area contributed by atoms with Gasteiger partial charge in [-0.25, -0.2) is 0 Å². The largest absolute Gasteiger partial charge is 0.488 e.